The molecule has 0 aromatic heterocycles. The third-order valence-corrected chi connectivity index (χ3v) is 5.56. The van der Waals surface area contributed by atoms with Crippen molar-refractivity contribution in [1.82, 2.24) is 5.43 Å². The van der Waals surface area contributed by atoms with E-state index < -0.39 is 0 Å². The highest BCUT2D eigenvalue weighted by Crippen LogP contribution is 2.17. The molecule has 2 rings (SSSR count). The highest BCUT2D eigenvalue weighted by atomic mass is 16.5. The van der Waals surface area contributed by atoms with E-state index in [9.17, 15) is 4.79 Å². The summed E-state index contributed by atoms with van der Waals surface area (Å²) >= 11 is 0. The second-order valence-electron chi connectivity index (χ2n) is 8.39. The number of carbonyl (C=O) groups is 1. The van der Waals surface area contributed by atoms with Crippen LogP contribution in [0.15, 0.2) is 59.7 Å². The fraction of sp³-hybridized carbons (Fsp3) is 0.500. The van der Waals surface area contributed by atoms with Crippen molar-refractivity contribution < 1.29 is 9.53 Å². The van der Waals surface area contributed by atoms with Crippen molar-refractivity contribution in [2.45, 2.75) is 90.6 Å². The van der Waals surface area contributed by atoms with Gasteiger partial charge >= 0.3 is 0 Å². The number of hydrogen-bond acceptors (Lipinski definition) is 3. The first-order valence-electron chi connectivity index (χ1n) is 12.4. The van der Waals surface area contributed by atoms with E-state index >= 15 is 0 Å². The maximum Gasteiger partial charge on any atom is 0.240 e. The molecule has 0 aliphatic carbocycles. The number of hydrazone groups is 1. The van der Waals surface area contributed by atoms with Crippen molar-refractivity contribution in [3.8, 4) is 5.75 Å². The van der Waals surface area contributed by atoms with E-state index in [2.05, 4.69) is 17.5 Å². The lowest BCUT2D eigenvalue weighted by Crippen LogP contribution is -2.17. The van der Waals surface area contributed by atoms with Crippen LogP contribution in [0.25, 0.3) is 0 Å². The van der Waals surface area contributed by atoms with Crippen molar-refractivity contribution in [3.63, 3.8) is 0 Å². The lowest BCUT2D eigenvalue weighted by Gasteiger charge is -2.09. The third kappa shape index (κ3) is 11.7. The molecular weight excluding hydrogens is 396 g/mol. The molecule has 0 bridgehead atoms. The van der Waals surface area contributed by atoms with E-state index in [1.54, 1.807) is 6.21 Å². The standard InChI is InChI=1S/C28H40N2O2/c1-2-3-4-5-6-7-8-9-10-11-15-22-28(31)30-29-23-26-20-16-17-21-27(26)32-24-25-18-13-12-14-19-25/h12-14,16-21,23H,2-11,15,22,24H2,1H3,(H,30,31)/b29-23+. The molecule has 0 atom stereocenters. The number of unbranched alkanes of at least 4 members (excludes halogenated alkanes) is 10. The summed E-state index contributed by atoms with van der Waals surface area (Å²) in [6.07, 6.45) is 16.3. The lowest BCUT2D eigenvalue weighted by molar-refractivity contribution is -0.121. The summed E-state index contributed by atoms with van der Waals surface area (Å²) in [4.78, 5) is 12.0. The molecule has 0 radical (unpaired) electrons. The summed E-state index contributed by atoms with van der Waals surface area (Å²) in [6.45, 7) is 2.76. The second kappa shape index (κ2) is 17.0. The Morgan fingerprint density at radius 3 is 2.09 bits per heavy atom. The maximum absolute atomic E-state index is 12.0. The van der Waals surface area contributed by atoms with Crippen molar-refractivity contribution in [1.29, 1.82) is 0 Å². The van der Waals surface area contributed by atoms with E-state index in [0.717, 1.165) is 29.7 Å². The molecule has 0 heterocycles. The highest BCUT2D eigenvalue weighted by Gasteiger charge is 2.03. The van der Waals surface area contributed by atoms with Gasteiger partial charge in [0.25, 0.3) is 0 Å². The van der Waals surface area contributed by atoms with Gasteiger partial charge in [0.2, 0.25) is 5.91 Å². The van der Waals surface area contributed by atoms with Gasteiger partial charge in [0.1, 0.15) is 12.4 Å². The number of ether oxygens (including phenoxy) is 1. The zero-order valence-corrected chi connectivity index (χ0v) is 19.7. The molecule has 4 nitrogen and oxygen atoms in total. The molecule has 174 valence electrons. The summed E-state index contributed by atoms with van der Waals surface area (Å²) < 4.78 is 5.92. The fourth-order valence-corrected chi connectivity index (χ4v) is 3.63. The molecule has 2 aromatic carbocycles. The molecule has 1 amide bonds. The maximum atomic E-state index is 12.0. The lowest BCUT2D eigenvalue weighted by atomic mass is 10.1. The van der Waals surface area contributed by atoms with Gasteiger partial charge in [-0.15, -0.1) is 0 Å². The number of benzene rings is 2. The number of amides is 1. The van der Waals surface area contributed by atoms with Crippen LogP contribution in [0.4, 0.5) is 0 Å². The predicted octanol–water partition coefficient (Wildman–Crippen LogP) is 7.42. The van der Waals surface area contributed by atoms with Gasteiger partial charge in [-0.2, -0.15) is 5.10 Å². The van der Waals surface area contributed by atoms with Crippen LogP contribution < -0.4 is 10.2 Å². The molecule has 1 N–H and O–H groups in total. The van der Waals surface area contributed by atoms with Crippen LogP contribution >= 0.6 is 0 Å². The topological polar surface area (TPSA) is 50.7 Å². The molecule has 0 unspecified atom stereocenters. The Bertz CT molecular complexity index is 774. The van der Waals surface area contributed by atoms with Crippen molar-refractivity contribution in [2.24, 2.45) is 5.10 Å². The number of para-hydroxylation sites is 1. The number of nitrogens with zero attached hydrogens (tertiary/aromatic N) is 1. The molecule has 0 saturated heterocycles. The smallest absolute Gasteiger partial charge is 0.240 e. The highest BCUT2D eigenvalue weighted by molar-refractivity contribution is 5.85. The quantitative estimate of drug-likeness (QED) is 0.159. The molecule has 32 heavy (non-hydrogen) atoms. The first kappa shape index (κ1) is 25.6. The van der Waals surface area contributed by atoms with Crippen LogP contribution in [0.2, 0.25) is 0 Å². The van der Waals surface area contributed by atoms with Crippen LogP contribution in [0, 0.1) is 0 Å². The summed E-state index contributed by atoms with van der Waals surface area (Å²) in [5.41, 5.74) is 4.60. The van der Waals surface area contributed by atoms with Crippen LogP contribution in [-0.4, -0.2) is 12.1 Å². The molecular formula is C28H40N2O2. The fourth-order valence-electron chi connectivity index (χ4n) is 3.63. The van der Waals surface area contributed by atoms with Gasteiger partial charge in [-0.1, -0.05) is 114 Å². The predicted molar refractivity (Wildman–Crippen MR) is 134 cm³/mol. The zero-order valence-electron chi connectivity index (χ0n) is 19.7. The zero-order chi connectivity index (χ0) is 22.7. The molecule has 2 aromatic rings. The average molecular weight is 437 g/mol. The molecule has 0 fully saturated rings. The van der Waals surface area contributed by atoms with Gasteiger partial charge in [0.05, 0.1) is 6.21 Å². The van der Waals surface area contributed by atoms with E-state index in [-0.39, 0.29) is 5.91 Å². The van der Waals surface area contributed by atoms with Crippen LogP contribution in [-0.2, 0) is 11.4 Å². The molecule has 0 aliphatic heterocycles. The Morgan fingerprint density at radius 2 is 1.41 bits per heavy atom. The molecule has 0 saturated carbocycles. The first-order valence-corrected chi connectivity index (χ1v) is 12.4. The van der Waals surface area contributed by atoms with Gasteiger partial charge in [-0.25, -0.2) is 5.43 Å². The Hall–Kier alpha value is -2.62. The monoisotopic (exact) mass is 436 g/mol. The first-order chi connectivity index (χ1) is 15.8. The number of rotatable bonds is 17. The van der Waals surface area contributed by atoms with Gasteiger partial charge in [-0.3, -0.25) is 4.79 Å². The largest absolute Gasteiger partial charge is 0.488 e. The van der Waals surface area contributed by atoms with Crippen molar-refractivity contribution >= 4 is 12.1 Å². The van der Waals surface area contributed by atoms with E-state index in [0.29, 0.717) is 13.0 Å². The normalized spacial score (nSPS) is 11.0. The van der Waals surface area contributed by atoms with Gasteiger partial charge in [0, 0.05) is 12.0 Å². The minimum Gasteiger partial charge on any atom is -0.488 e. The number of carbonyl (C=O) groups excluding carboxylic acids is 1. The Morgan fingerprint density at radius 1 is 0.812 bits per heavy atom. The summed E-state index contributed by atoms with van der Waals surface area (Å²) in [5.74, 6) is 0.722. The minimum atomic E-state index is -0.0279. The van der Waals surface area contributed by atoms with E-state index in [1.807, 2.05) is 54.6 Å². The molecule has 4 heteroatoms. The summed E-state index contributed by atoms with van der Waals surface area (Å²) in [5, 5.41) is 4.12. The van der Waals surface area contributed by atoms with Crippen LogP contribution in [0.5, 0.6) is 5.75 Å². The third-order valence-electron chi connectivity index (χ3n) is 5.56. The molecule has 0 aliphatic rings. The number of hydrogen-bond donors (Lipinski definition) is 1. The average Bonchev–Trinajstić information content (AvgIpc) is 2.82. The van der Waals surface area contributed by atoms with E-state index in [1.165, 1.54) is 57.8 Å². The Balaban J connectivity index is 1.56. The van der Waals surface area contributed by atoms with Crippen LogP contribution in [0.1, 0.15) is 95.1 Å². The SMILES string of the molecule is CCCCCCCCCCCCCC(=O)N/N=C/c1ccccc1OCc1ccccc1. The van der Waals surface area contributed by atoms with Crippen molar-refractivity contribution in [2.75, 3.05) is 0 Å². The van der Waals surface area contributed by atoms with Crippen molar-refractivity contribution in [3.05, 3.63) is 65.7 Å². The second-order valence-corrected chi connectivity index (χ2v) is 8.39. The molecule has 0 spiro atoms. The van der Waals surface area contributed by atoms with Gasteiger partial charge in [-0.05, 0) is 24.1 Å². The van der Waals surface area contributed by atoms with Gasteiger partial charge in [0.15, 0.2) is 0 Å². The Labute approximate surface area is 194 Å². The van der Waals surface area contributed by atoms with Gasteiger partial charge < -0.3 is 4.74 Å². The summed E-state index contributed by atoms with van der Waals surface area (Å²) in [6, 6.07) is 17.8. The Kier molecular flexibility index (Phi) is 13.6. The van der Waals surface area contributed by atoms with E-state index in [4.69, 9.17) is 4.74 Å². The number of nitrogens with one attached hydrogen (secondary N) is 1. The van der Waals surface area contributed by atoms with Crippen LogP contribution in [0.3, 0.4) is 0 Å². The minimum absolute atomic E-state index is 0.0279. The summed E-state index contributed by atoms with van der Waals surface area (Å²) in [7, 11) is 0.